The zero-order valence-corrected chi connectivity index (χ0v) is 14.2. The number of phenolic OH excluding ortho intramolecular Hbond substituents is 1. The molecule has 3 aromatic rings. The first-order valence-corrected chi connectivity index (χ1v) is 8.65. The predicted octanol–water partition coefficient (Wildman–Crippen LogP) is 2.54. The van der Waals surface area contributed by atoms with E-state index < -0.39 is 0 Å². The molecule has 1 aliphatic heterocycles. The molecule has 0 spiro atoms. The first kappa shape index (κ1) is 16.3. The lowest BCUT2D eigenvalue weighted by atomic mass is 10.0. The smallest absolute Gasteiger partial charge is 0.175 e. The number of hydrogen-bond donors (Lipinski definition) is 3. The highest BCUT2D eigenvalue weighted by atomic mass is 16.3. The second-order valence-electron chi connectivity index (χ2n) is 6.36. The fourth-order valence-corrected chi connectivity index (χ4v) is 3.27. The number of aromatic hydroxyl groups is 1. The van der Waals surface area contributed by atoms with Gasteiger partial charge in [0, 0.05) is 35.3 Å². The number of phenols is 1. The van der Waals surface area contributed by atoms with Crippen molar-refractivity contribution in [2.75, 3.05) is 18.4 Å². The third-order valence-electron chi connectivity index (χ3n) is 4.59. The predicted molar refractivity (Wildman–Crippen MR) is 102 cm³/mol. The van der Waals surface area contributed by atoms with Crippen LogP contribution in [0.15, 0.2) is 36.5 Å². The van der Waals surface area contributed by atoms with Gasteiger partial charge in [0.2, 0.25) is 0 Å². The topological polar surface area (TPSA) is 83.0 Å². The number of nitrogens with zero attached hydrogens (tertiary/aromatic N) is 3. The van der Waals surface area contributed by atoms with Crippen LogP contribution in [0.3, 0.4) is 0 Å². The Morgan fingerprint density at radius 3 is 2.96 bits per heavy atom. The summed E-state index contributed by atoms with van der Waals surface area (Å²) in [6.07, 6.45) is 9.34. The maximum absolute atomic E-state index is 10.4. The number of hydrogen-bond acceptors (Lipinski definition) is 6. The number of pyridine rings is 1. The summed E-state index contributed by atoms with van der Waals surface area (Å²) in [4.78, 5) is 4.50. The third kappa shape index (κ3) is 3.05. The Bertz CT molecular complexity index is 989. The van der Waals surface area contributed by atoms with Crippen LogP contribution < -0.4 is 10.6 Å². The van der Waals surface area contributed by atoms with Crippen molar-refractivity contribution < 1.29 is 5.11 Å². The minimum atomic E-state index is 0.0806. The van der Waals surface area contributed by atoms with E-state index in [2.05, 4.69) is 31.7 Å². The Morgan fingerprint density at radius 1 is 1.27 bits per heavy atom. The van der Waals surface area contributed by atoms with Gasteiger partial charge in [0.25, 0.3) is 0 Å². The molecule has 4 rings (SSSR count). The van der Waals surface area contributed by atoms with E-state index in [1.807, 2.05) is 12.1 Å². The maximum Gasteiger partial charge on any atom is 0.175 e. The summed E-state index contributed by atoms with van der Waals surface area (Å²) in [7, 11) is 0. The monoisotopic (exact) mass is 345 g/mol. The van der Waals surface area contributed by atoms with E-state index in [4.69, 9.17) is 6.42 Å². The minimum absolute atomic E-state index is 0.0806. The first-order valence-electron chi connectivity index (χ1n) is 8.65. The zero-order valence-electron chi connectivity index (χ0n) is 14.2. The molecule has 2 aromatic heterocycles. The molecule has 1 fully saturated rings. The lowest BCUT2D eigenvalue weighted by molar-refractivity contribution is 0.476. The first-order chi connectivity index (χ1) is 12.8. The molecule has 3 heterocycles. The fraction of sp³-hybridized carbons (Fsp3) is 0.250. The van der Waals surface area contributed by atoms with Crippen molar-refractivity contribution >= 4 is 16.7 Å². The second-order valence-corrected chi connectivity index (χ2v) is 6.36. The Labute approximate surface area is 151 Å². The molecule has 0 radical (unpaired) electrons. The van der Waals surface area contributed by atoms with Gasteiger partial charge in [-0.25, -0.2) is 0 Å². The van der Waals surface area contributed by atoms with Gasteiger partial charge in [-0.2, -0.15) is 0 Å². The molecule has 0 aliphatic carbocycles. The van der Waals surface area contributed by atoms with Crippen LogP contribution in [0.5, 0.6) is 5.75 Å². The van der Waals surface area contributed by atoms with Crippen LogP contribution in [-0.4, -0.2) is 39.4 Å². The van der Waals surface area contributed by atoms with Crippen LogP contribution in [0.25, 0.3) is 22.2 Å². The van der Waals surface area contributed by atoms with E-state index in [1.54, 1.807) is 24.4 Å². The molecular weight excluding hydrogens is 326 g/mol. The second kappa shape index (κ2) is 6.98. The highest BCUT2D eigenvalue weighted by Crippen LogP contribution is 2.34. The summed E-state index contributed by atoms with van der Waals surface area (Å²) in [6, 6.07) is 9.19. The summed E-state index contributed by atoms with van der Waals surface area (Å²) >= 11 is 0. The summed E-state index contributed by atoms with van der Waals surface area (Å²) in [5, 5.41) is 26.7. The molecule has 3 N–H and O–H groups in total. The van der Waals surface area contributed by atoms with Gasteiger partial charge < -0.3 is 15.7 Å². The lowest BCUT2D eigenvalue weighted by Gasteiger charge is -2.24. The molecular formula is C20H19N5O. The SMILES string of the molecule is C#Cc1ccc(-c2nnc(N[C@@H]3CCCNC3)c3ncccc23)c(O)c1. The largest absolute Gasteiger partial charge is 0.507 e. The highest BCUT2D eigenvalue weighted by molar-refractivity contribution is 5.98. The van der Waals surface area contributed by atoms with Gasteiger partial charge in [0.1, 0.15) is 17.0 Å². The number of aromatic nitrogens is 3. The fourth-order valence-electron chi connectivity index (χ4n) is 3.27. The number of anilines is 1. The van der Waals surface area contributed by atoms with E-state index in [0.717, 1.165) is 36.8 Å². The van der Waals surface area contributed by atoms with E-state index in [9.17, 15) is 5.11 Å². The number of benzene rings is 1. The van der Waals surface area contributed by atoms with Gasteiger partial charge in [-0.05, 0) is 49.7 Å². The van der Waals surface area contributed by atoms with Crippen molar-refractivity contribution in [3.8, 4) is 29.4 Å². The summed E-state index contributed by atoms with van der Waals surface area (Å²) in [6.45, 7) is 1.95. The van der Waals surface area contributed by atoms with Crippen LogP contribution in [0, 0.1) is 12.3 Å². The van der Waals surface area contributed by atoms with E-state index >= 15 is 0 Å². The van der Waals surface area contributed by atoms with Gasteiger partial charge in [0.05, 0.1) is 0 Å². The number of rotatable bonds is 3. The Balaban J connectivity index is 1.78. The van der Waals surface area contributed by atoms with Crippen molar-refractivity contribution in [3.05, 3.63) is 42.1 Å². The van der Waals surface area contributed by atoms with Crippen molar-refractivity contribution in [1.29, 1.82) is 0 Å². The molecule has 26 heavy (non-hydrogen) atoms. The number of piperidine rings is 1. The third-order valence-corrected chi connectivity index (χ3v) is 4.59. The van der Waals surface area contributed by atoms with Crippen molar-refractivity contribution in [2.45, 2.75) is 18.9 Å². The van der Waals surface area contributed by atoms with Crippen LogP contribution in [-0.2, 0) is 0 Å². The molecule has 6 heteroatoms. The number of nitrogens with one attached hydrogen (secondary N) is 2. The molecule has 1 aliphatic rings. The van der Waals surface area contributed by atoms with Crippen LogP contribution >= 0.6 is 0 Å². The molecule has 1 atom stereocenters. The Morgan fingerprint density at radius 2 is 2.19 bits per heavy atom. The molecule has 1 aromatic carbocycles. The summed E-state index contributed by atoms with van der Waals surface area (Å²) < 4.78 is 0. The average Bonchev–Trinajstić information content (AvgIpc) is 2.69. The molecule has 130 valence electrons. The molecule has 6 nitrogen and oxygen atoms in total. The van der Waals surface area contributed by atoms with Crippen LogP contribution in [0.4, 0.5) is 5.82 Å². The van der Waals surface area contributed by atoms with Gasteiger partial charge >= 0.3 is 0 Å². The average molecular weight is 345 g/mol. The normalized spacial score (nSPS) is 17.0. The molecule has 0 unspecified atom stereocenters. The van der Waals surface area contributed by atoms with Crippen molar-refractivity contribution in [2.24, 2.45) is 0 Å². The lowest BCUT2D eigenvalue weighted by Crippen LogP contribution is -2.38. The van der Waals surface area contributed by atoms with E-state index in [0.29, 0.717) is 28.7 Å². The number of fused-ring (bicyclic) bond motifs is 1. The quantitative estimate of drug-likeness (QED) is 0.633. The van der Waals surface area contributed by atoms with E-state index in [1.165, 1.54) is 0 Å². The van der Waals surface area contributed by atoms with Crippen molar-refractivity contribution in [3.63, 3.8) is 0 Å². The minimum Gasteiger partial charge on any atom is -0.507 e. The molecule has 1 saturated heterocycles. The van der Waals surface area contributed by atoms with E-state index in [-0.39, 0.29) is 5.75 Å². The Hall–Kier alpha value is -3.17. The van der Waals surface area contributed by atoms with Gasteiger partial charge in [0.15, 0.2) is 5.82 Å². The van der Waals surface area contributed by atoms with Gasteiger partial charge in [-0.3, -0.25) is 4.98 Å². The summed E-state index contributed by atoms with van der Waals surface area (Å²) in [5.41, 5.74) is 2.52. The van der Waals surface area contributed by atoms with Crippen LogP contribution in [0.1, 0.15) is 18.4 Å². The van der Waals surface area contributed by atoms with Crippen LogP contribution in [0.2, 0.25) is 0 Å². The highest BCUT2D eigenvalue weighted by Gasteiger charge is 2.18. The van der Waals surface area contributed by atoms with Gasteiger partial charge in [-0.15, -0.1) is 16.6 Å². The zero-order chi connectivity index (χ0) is 17.9. The number of terminal acetylenes is 1. The summed E-state index contributed by atoms with van der Waals surface area (Å²) in [5.74, 6) is 3.26. The maximum atomic E-state index is 10.4. The standard InChI is InChI=1S/C20H19N5O/c1-2-13-7-8-15(17(26)11-13)18-16-6-4-10-22-19(16)20(25-24-18)23-14-5-3-9-21-12-14/h1,4,6-8,10-11,14,21,26H,3,5,9,12H2,(H,23,25)/t14-/m1/s1. The molecule has 0 saturated carbocycles. The van der Waals surface area contributed by atoms with Crippen molar-refractivity contribution in [1.82, 2.24) is 20.5 Å². The molecule has 0 bridgehead atoms. The molecule has 0 amide bonds. The Kier molecular flexibility index (Phi) is 4.38. The van der Waals surface area contributed by atoms with Gasteiger partial charge in [-0.1, -0.05) is 5.92 Å².